The molecule has 3 N–H and O–H groups in total. The Morgan fingerprint density at radius 2 is 1.88 bits per heavy atom. The molecule has 2 rings (SSSR count). The highest BCUT2D eigenvalue weighted by Gasteiger charge is 2.05. The first-order valence-electron chi connectivity index (χ1n) is 8.41. The van der Waals surface area contributed by atoms with Crippen LogP contribution >= 0.6 is 0 Å². The maximum absolute atomic E-state index is 12.2. The number of carbonyl (C=O) groups excluding carboxylic acids is 1. The SMILES string of the molecule is C=C(/C=C\C(=C/C)c1ccc(O)cc1)C(=O)NCc1cccc(NC)c1. The molecule has 2 aromatic rings. The van der Waals surface area contributed by atoms with Crippen LogP contribution in [0, 0.1) is 0 Å². The second-order valence-corrected chi connectivity index (χ2v) is 5.78. The number of amides is 1. The highest BCUT2D eigenvalue weighted by molar-refractivity contribution is 5.96. The highest BCUT2D eigenvalue weighted by Crippen LogP contribution is 2.19. The predicted octanol–water partition coefficient (Wildman–Crippen LogP) is 4.27. The van der Waals surface area contributed by atoms with Gasteiger partial charge >= 0.3 is 0 Å². The van der Waals surface area contributed by atoms with Crippen LogP contribution in [0.1, 0.15) is 18.1 Å². The van der Waals surface area contributed by atoms with E-state index in [1.54, 1.807) is 18.2 Å². The molecular weight excluding hydrogens is 324 g/mol. The summed E-state index contributed by atoms with van der Waals surface area (Å²) >= 11 is 0. The van der Waals surface area contributed by atoms with Crippen molar-refractivity contribution in [2.24, 2.45) is 0 Å². The van der Waals surface area contributed by atoms with Crippen molar-refractivity contribution in [3.05, 3.63) is 90.0 Å². The summed E-state index contributed by atoms with van der Waals surface area (Å²) in [4.78, 5) is 12.2. The number of hydrogen-bond donors (Lipinski definition) is 3. The van der Waals surface area contributed by atoms with Gasteiger partial charge in [-0.3, -0.25) is 4.79 Å². The summed E-state index contributed by atoms with van der Waals surface area (Å²) < 4.78 is 0. The average Bonchev–Trinajstić information content (AvgIpc) is 2.67. The maximum atomic E-state index is 12.2. The highest BCUT2D eigenvalue weighted by atomic mass is 16.3. The van der Waals surface area contributed by atoms with E-state index in [1.807, 2.05) is 62.5 Å². The zero-order valence-corrected chi connectivity index (χ0v) is 15.1. The van der Waals surface area contributed by atoms with Crippen molar-refractivity contribution in [2.45, 2.75) is 13.5 Å². The van der Waals surface area contributed by atoms with E-state index in [9.17, 15) is 9.90 Å². The van der Waals surface area contributed by atoms with E-state index >= 15 is 0 Å². The molecule has 0 spiro atoms. The van der Waals surface area contributed by atoms with Crippen LogP contribution in [0.25, 0.3) is 5.57 Å². The molecule has 1 amide bonds. The molecule has 0 aliphatic carbocycles. The molecule has 0 heterocycles. The zero-order valence-electron chi connectivity index (χ0n) is 15.1. The van der Waals surface area contributed by atoms with Crippen LogP contribution in [0.5, 0.6) is 5.75 Å². The van der Waals surface area contributed by atoms with Crippen LogP contribution < -0.4 is 10.6 Å². The topological polar surface area (TPSA) is 61.4 Å². The lowest BCUT2D eigenvalue weighted by molar-refractivity contribution is -0.117. The summed E-state index contributed by atoms with van der Waals surface area (Å²) in [5.41, 5.74) is 4.30. The van der Waals surface area contributed by atoms with Gasteiger partial charge in [0, 0.05) is 24.9 Å². The number of allylic oxidation sites excluding steroid dienone is 3. The third-order valence-corrected chi connectivity index (χ3v) is 3.94. The van der Waals surface area contributed by atoms with E-state index < -0.39 is 0 Å². The Kier molecular flexibility index (Phi) is 6.80. The monoisotopic (exact) mass is 348 g/mol. The third-order valence-electron chi connectivity index (χ3n) is 3.94. The molecule has 0 aromatic heterocycles. The lowest BCUT2D eigenvalue weighted by Gasteiger charge is -2.07. The first-order chi connectivity index (χ1) is 12.5. The van der Waals surface area contributed by atoms with Gasteiger partial charge in [0.15, 0.2) is 0 Å². The molecule has 0 fully saturated rings. The molecule has 0 bridgehead atoms. The van der Waals surface area contributed by atoms with Crippen LogP contribution in [0.3, 0.4) is 0 Å². The molecular formula is C22H24N2O2. The molecule has 0 aliphatic heterocycles. The molecule has 0 aliphatic rings. The maximum Gasteiger partial charge on any atom is 0.250 e. The normalized spacial score (nSPS) is 11.4. The second kappa shape index (κ2) is 9.28. The molecule has 0 unspecified atom stereocenters. The minimum atomic E-state index is -0.211. The summed E-state index contributed by atoms with van der Waals surface area (Å²) in [6.07, 6.45) is 5.48. The molecule has 0 radical (unpaired) electrons. The number of aromatic hydroxyl groups is 1. The van der Waals surface area contributed by atoms with Crippen molar-refractivity contribution in [3.63, 3.8) is 0 Å². The number of rotatable bonds is 7. The van der Waals surface area contributed by atoms with Crippen molar-refractivity contribution < 1.29 is 9.90 Å². The van der Waals surface area contributed by atoms with Crippen LogP contribution in [-0.4, -0.2) is 18.1 Å². The van der Waals surface area contributed by atoms with Gasteiger partial charge in [-0.05, 0) is 54.0 Å². The number of hydrogen-bond acceptors (Lipinski definition) is 3. The van der Waals surface area contributed by atoms with Crippen LogP contribution in [0.4, 0.5) is 5.69 Å². The first kappa shape index (κ1) is 19.1. The number of phenolic OH excluding ortho intramolecular Hbond substituents is 1. The van der Waals surface area contributed by atoms with E-state index in [0.717, 1.165) is 22.4 Å². The van der Waals surface area contributed by atoms with Gasteiger partial charge in [0.25, 0.3) is 5.91 Å². The van der Waals surface area contributed by atoms with Crippen LogP contribution in [-0.2, 0) is 11.3 Å². The van der Waals surface area contributed by atoms with Gasteiger partial charge in [-0.15, -0.1) is 0 Å². The van der Waals surface area contributed by atoms with Gasteiger partial charge in [-0.25, -0.2) is 0 Å². The first-order valence-corrected chi connectivity index (χ1v) is 8.41. The fraction of sp³-hybridized carbons (Fsp3) is 0.136. The average molecular weight is 348 g/mol. The molecule has 0 saturated carbocycles. The van der Waals surface area contributed by atoms with Crippen molar-refractivity contribution in [3.8, 4) is 5.75 Å². The molecule has 4 heteroatoms. The summed E-state index contributed by atoms with van der Waals surface area (Å²) in [6, 6.07) is 14.8. The smallest absolute Gasteiger partial charge is 0.250 e. The number of anilines is 1. The lowest BCUT2D eigenvalue weighted by Crippen LogP contribution is -2.23. The molecule has 26 heavy (non-hydrogen) atoms. The largest absolute Gasteiger partial charge is 0.508 e. The van der Waals surface area contributed by atoms with Gasteiger partial charge in [-0.2, -0.15) is 0 Å². The van der Waals surface area contributed by atoms with Crippen molar-refractivity contribution in [1.29, 1.82) is 0 Å². The lowest BCUT2D eigenvalue weighted by atomic mass is 10.0. The minimum absolute atomic E-state index is 0.211. The Morgan fingerprint density at radius 3 is 2.54 bits per heavy atom. The Bertz CT molecular complexity index is 833. The van der Waals surface area contributed by atoms with Crippen LogP contribution in [0.2, 0.25) is 0 Å². The van der Waals surface area contributed by atoms with Crippen LogP contribution in [0.15, 0.2) is 78.9 Å². The molecule has 0 atom stereocenters. The second-order valence-electron chi connectivity index (χ2n) is 5.78. The van der Waals surface area contributed by atoms with Crippen molar-refractivity contribution in [2.75, 3.05) is 12.4 Å². The zero-order chi connectivity index (χ0) is 18.9. The van der Waals surface area contributed by atoms with Gasteiger partial charge in [0.05, 0.1) is 0 Å². The summed E-state index contributed by atoms with van der Waals surface area (Å²) in [5, 5.41) is 15.3. The Hall–Kier alpha value is -3.27. The van der Waals surface area contributed by atoms with E-state index in [2.05, 4.69) is 17.2 Å². The van der Waals surface area contributed by atoms with E-state index in [1.165, 1.54) is 0 Å². The van der Waals surface area contributed by atoms with Crippen molar-refractivity contribution >= 4 is 17.2 Å². The third kappa shape index (κ3) is 5.38. The molecule has 0 saturated heterocycles. The van der Waals surface area contributed by atoms with Gasteiger partial charge in [-0.1, -0.05) is 43.0 Å². The van der Waals surface area contributed by atoms with Crippen molar-refractivity contribution in [1.82, 2.24) is 5.32 Å². The van der Waals surface area contributed by atoms with E-state index in [-0.39, 0.29) is 11.7 Å². The minimum Gasteiger partial charge on any atom is -0.508 e. The van der Waals surface area contributed by atoms with Gasteiger partial charge < -0.3 is 15.7 Å². The standard InChI is InChI=1S/C22H24N2O2/c1-4-18(19-10-12-21(25)13-11-19)9-8-16(2)22(26)24-15-17-6-5-7-20(14-17)23-3/h4-14,23,25H,2,15H2,1,3H3,(H,24,26)/b9-8-,18-4+. The number of benzene rings is 2. The van der Waals surface area contributed by atoms with Gasteiger partial charge in [0.1, 0.15) is 5.75 Å². The number of phenols is 1. The quantitative estimate of drug-likeness (QED) is 0.517. The van der Waals surface area contributed by atoms with Gasteiger partial charge in [0.2, 0.25) is 0 Å². The number of nitrogens with one attached hydrogen (secondary N) is 2. The Balaban J connectivity index is 1.95. The molecule has 4 nitrogen and oxygen atoms in total. The summed E-state index contributed by atoms with van der Waals surface area (Å²) in [6.45, 7) is 6.20. The Morgan fingerprint density at radius 1 is 1.15 bits per heavy atom. The fourth-order valence-corrected chi connectivity index (χ4v) is 2.41. The summed E-state index contributed by atoms with van der Waals surface area (Å²) in [7, 11) is 1.86. The fourth-order valence-electron chi connectivity index (χ4n) is 2.41. The molecule has 2 aromatic carbocycles. The predicted molar refractivity (Wildman–Crippen MR) is 108 cm³/mol. The van der Waals surface area contributed by atoms with E-state index in [0.29, 0.717) is 12.1 Å². The number of carbonyl (C=O) groups is 1. The molecule has 134 valence electrons. The Labute approximate surface area is 154 Å². The summed E-state index contributed by atoms with van der Waals surface area (Å²) in [5.74, 6) is 0.0107. The van der Waals surface area contributed by atoms with E-state index in [4.69, 9.17) is 0 Å².